The molecule has 20 heavy (non-hydrogen) atoms. The Hall–Kier alpha value is -2.50. The number of fused-ring (bicyclic) bond motifs is 1. The van der Waals surface area contributed by atoms with Crippen LogP contribution in [0.15, 0.2) is 29.1 Å². The van der Waals surface area contributed by atoms with Gasteiger partial charge in [-0.25, -0.2) is 4.98 Å². The van der Waals surface area contributed by atoms with Crippen LogP contribution in [0.1, 0.15) is 25.5 Å². The first-order valence-electron chi connectivity index (χ1n) is 6.40. The van der Waals surface area contributed by atoms with Gasteiger partial charge in [0.2, 0.25) is 12.7 Å². The summed E-state index contributed by atoms with van der Waals surface area (Å²) in [5.74, 6) is 2.00. The van der Waals surface area contributed by atoms with Crippen LogP contribution in [0.5, 0.6) is 11.5 Å². The maximum atomic E-state index is 11.6. The maximum absolute atomic E-state index is 11.6. The zero-order valence-electron chi connectivity index (χ0n) is 11.3. The summed E-state index contributed by atoms with van der Waals surface area (Å²) in [6, 6.07) is 6.98. The molecule has 104 valence electrons. The minimum absolute atomic E-state index is 0.174. The quantitative estimate of drug-likeness (QED) is 0.897. The van der Waals surface area contributed by atoms with Gasteiger partial charge in [-0.15, -0.1) is 0 Å². The van der Waals surface area contributed by atoms with Crippen LogP contribution in [0.4, 0.5) is 11.6 Å². The molecule has 1 aromatic carbocycles. The molecule has 0 atom stereocenters. The molecule has 0 amide bonds. The summed E-state index contributed by atoms with van der Waals surface area (Å²) in [4.78, 5) is 18.7. The lowest BCUT2D eigenvalue weighted by atomic mass is 10.1. The van der Waals surface area contributed by atoms with Crippen molar-refractivity contribution in [2.24, 2.45) is 0 Å². The number of hydrogen-bond acceptors (Lipinski definition) is 5. The fourth-order valence-electron chi connectivity index (χ4n) is 1.94. The van der Waals surface area contributed by atoms with Gasteiger partial charge in [0.25, 0.3) is 5.56 Å². The maximum Gasteiger partial charge on any atom is 0.252 e. The molecular formula is C14H15N3O3. The second-order valence-corrected chi connectivity index (χ2v) is 4.87. The van der Waals surface area contributed by atoms with E-state index in [0.29, 0.717) is 17.4 Å². The summed E-state index contributed by atoms with van der Waals surface area (Å²) < 4.78 is 10.6. The van der Waals surface area contributed by atoms with Crippen LogP contribution in [0.25, 0.3) is 0 Å². The van der Waals surface area contributed by atoms with Crippen molar-refractivity contribution in [2.45, 2.75) is 19.8 Å². The average Bonchev–Trinajstić information content (AvgIpc) is 2.85. The number of nitrogens with one attached hydrogen (secondary N) is 2. The summed E-state index contributed by atoms with van der Waals surface area (Å²) in [6.45, 7) is 4.22. The van der Waals surface area contributed by atoms with E-state index in [0.717, 1.165) is 11.4 Å². The van der Waals surface area contributed by atoms with E-state index in [9.17, 15) is 4.79 Å². The van der Waals surface area contributed by atoms with Crippen LogP contribution >= 0.6 is 0 Å². The first-order chi connectivity index (χ1) is 9.61. The Morgan fingerprint density at radius 1 is 1.25 bits per heavy atom. The van der Waals surface area contributed by atoms with Gasteiger partial charge in [0.05, 0.1) is 5.69 Å². The summed E-state index contributed by atoms with van der Waals surface area (Å²) >= 11 is 0. The number of hydrogen-bond donors (Lipinski definition) is 2. The molecule has 2 aromatic rings. The molecule has 0 saturated carbocycles. The molecule has 0 unspecified atom stereocenters. The van der Waals surface area contributed by atoms with Crippen molar-refractivity contribution in [3.63, 3.8) is 0 Å². The van der Waals surface area contributed by atoms with E-state index in [1.54, 1.807) is 0 Å². The molecule has 1 aliphatic rings. The van der Waals surface area contributed by atoms with Gasteiger partial charge in [-0.2, -0.15) is 0 Å². The van der Waals surface area contributed by atoms with Crippen molar-refractivity contribution in [3.8, 4) is 11.5 Å². The van der Waals surface area contributed by atoms with Crippen LogP contribution in [-0.4, -0.2) is 16.8 Å². The Balaban J connectivity index is 1.89. The molecule has 0 saturated heterocycles. The zero-order valence-corrected chi connectivity index (χ0v) is 11.3. The standard InChI is InChI=1S/C14H15N3O3/c1-8(2)10-6-13(18)17-14(16-10)15-9-3-4-11-12(5-9)20-7-19-11/h3-6,8H,7H2,1-2H3,(H2,15,16,17,18). The minimum Gasteiger partial charge on any atom is -0.454 e. The summed E-state index contributed by atoms with van der Waals surface area (Å²) in [5.41, 5.74) is 1.35. The van der Waals surface area contributed by atoms with E-state index >= 15 is 0 Å². The lowest BCUT2D eigenvalue weighted by molar-refractivity contribution is 0.174. The zero-order chi connectivity index (χ0) is 14.1. The Morgan fingerprint density at radius 3 is 2.85 bits per heavy atom. The third-order valence-corrected chi connectivity index (χ3v) is 2.99. The second kappa shape index (κ2) is 4.88. The van der Waals surface area contributed by atoms with Crippen molar-refractivity contribution < 1.29 is 9.47 Å². The number of ether oxygens (including phenoxy) is 2. The number of H-pyrrole nitrogens is 1. The highest BCUT2D eigenvalue weighted by Crippen LogP contribution is 2.34. The first-order valence-corrected chi connectivity index (χ1v) is 6.40. The number of aromatic nitrogens is 2. The third-order valence-electron chi connectivity index (χ3n) is 2.99. The SMILES string of the molecule is CC(C)c1cc(=O)[nH]c(Nc2ccc3c(c2)OCO3)n1. The topological polar surface area (TPSA) is 76.2 Å². The van der Waals surface area contributed by atoms with Crippen LogP contribution in [-0.2, 0) is 0 Å². The number of aromatic amines is 1. The Kier molecular flexibility index (Phi) is 3.06. The molecule has 6 heteroatoms. The van der Waals surface area contributed by atoms with E-state index in [-0.39, 0.29) is 18.3 Å². The van der Waals surface area contributed by atoms with Gasteiger partial charge in [-0.3, -0.25) is 9.78 Å². The molecule has 0 spiro atoms. The smallest absolute Gasteiger partial charge is 0.252 e. The molecule has 2 N–H and O–H groups in total. The molecule has 0 radical (unpaired) electrons. The number of rotatable bonds is 3. The largest absolute Gasteiger partial charge is 0.454 e. The lowest BCUT2D eigenvalue weighted by Crippen LogP contribution is -2.12. The molecular weight excluding hydrogens is 258 g/mol. The fourth-order valence-corrected chi connectivity index (χ4v) is 1.94. The van der Waals surface area contributed by atoms with Gasteiger partial charge in [0.15, 0.2) is 11.5 Å². The molecule has 2 heterocycles. The Labute approximate surface area is 115 Å². The van der Waals surface area contributed by atoms with Crippen LogP contribution < -0.4 is 20.3 Å². The van der Waals surface area contributed by atoms with Crippen molar-refractivity contribution in [3.05, 3.63) is 40.3 Å². The average molecular weight is 273 g/mol. The molecule has 1 aromatic heterocycles. The van der Waals surface area contributed by atoms with Crippen LogP contribution in [0, 0.1) is 0 Å². The predicted octanol–water partition coefficient (Wildman–Crippen LogP) is 2.37. The summed E-state index contributed by atoms with van der Waals surface area (Å²) in [6.07, 6.45) is 0. The number of nitrogens with zero attached hydrogens (tertiary/aromatic N) is 1. The number of anilines is 2. The van der Waals surface area contributed by atoms with Crippen LogP contribution in [0.2, 0.25) is 0 Å². The van der Waals surface area contributed by atoms with Gasteiger partial charge in [0, 0.05) is 17.8 Å². The Bertz CT molecular complexity index is 694. The molecule has 0 aliphatic carbocycles. The highest BCUT2D eigenvalue weighted by atomic mass is 16.7. The molecule has 3 rings (SSSR count). The fraction of sp³-hybridized carbons (Fsp3) is 0.286. The van der Waals surface area contributed by atoms with Crippen molar-refractivity contribution >= 4 is 11.6 Å². The second-order valence-electron chi connectivity index (χ2n) is 4.87. The van der Waals surface area contributed by atoms with Gasteiger partial charge < -0.3 is 14.8 Å². The van der Waals surface area contributed by atoms with E-state index in [1.807, 2.05) is 32.0 Å². The van der Waals surface area contributed by atoms with Gasteiger partial charge >= 0.3 is 0 Å². The van der Waals surface area contributed by atoms with Gasteiger partial charge in [-0.05, 0) is 18.1 Å². The third kappa shape index (κ3) is 2.45. The van der Waals surface area contributed by atoms with E-state index < -0.39 is 0 Å². The monoisotopic (exact) mass is 273 g/mol. The molecule has 6 nitrogen and oxygen atoms in total. The van der Waals surface area contributed by atoms with Crippen LogP contribution in [0.3, 0.4) is 0 Å². The molecule has 0 fully saturated rings. The molecule has 1 aliphatic heterocycles. The minimum atomic E-state index is -0.174. The predicted molar refractivity (Wildman–Crippen MR) is 74.8 cm³/mol. The Morgan fingerprint density at radius 2 is 2.05 bits per heavy atom. The number of benzene rings is 1. The van der Waals surface area contributed by atoms with E-state index in [1.165, 1.54) is 6.07 Å². The van der Waals surface area contributed by atoms with Crippen molar-refractivity contribution in [2.75, 3.05) is 12.1 Å². The van der Waals surface area contributed by atoms with Gasteiger partial charge in [0.1, 0.15) is 0 Å². The first kappa shape index (κ1) is 12.5. The van der Waals surface area contributed by atoms with E-state index in [4.69, 9.17) is 9.47 Å². The molecule has 0 bridgehead atoms. The summed E-state index contributed by atoms with van der Waals surface area (Å²) in [7, 11) is 0. The summed E-state index contributed by atoms with van der Waals surface area (Å²) in [5, 5.41) is 3.07. The van der Waals surface area contributed by atoms with Crippen molar-refractivity contribution in [1.29, 1.82) is 0 Å². The lowest BCUT2D eigenvalue weighted by Gasteiger charge is -2.09. The highest BCUT2D eigenvalue weighted by molar-refractivity contribution is 5.60. The highest BCUT2D eigenvalue weighted by Gasteiger charge is 2.13. The van der Waals surface area contributed by atoms with E-state index in [2.05, 4.69) is 15.3 Å². The van der Waals surface area contributed by atoms with Crippen molar-refractivity contribution in [1.82, 2.24) is 9.97 Å². The van der Waals surface area contributed by atoms with Gasteiger partial charge in [-0.1, -0.05) is 13.8 Å². The normalized spacial score (nSPS) is 12.8.